The van der Waals surface area contributed by atoms with Gasteiger partial charge in [-0.1, -0.05) is 20.8 Å². The van der Waals surface area contributed by atoms with Gasteiger partial charge >= 0.3 is 5.97 Å². The number of carbonyl (C=O) groups excluding carboxylic acids is 1. The van der Waals surface area contributed by atoms with Crippen molar-refractivity contribution in [1.29, 1.82) is 0 Å². The van der Waals surface area contributed by atoms with Crippen molar-refractivity contribution in [2.45, 2.75) is 64.3 Å². The van der Waals surface area contributed by atoms with Crippen molar-refractivity contribution in [2.75, 3.05) is 13.7 Å². The molecule has 0 bridgehead atoms. The van der Waals surface area contributed by atoms with Crippen LogP contribution in [0, 0.1) is 0 Å². The Hall–Kier alpha value is -0.653. The van der Waals surface area contributed by atoms with Gasteiger partial charge in [-0.2, -0.15) is 0 Å². The summed E-state index contributed by atoms with van der Waals surface area (Å²) >= 11 is 0. The first kappa shape index (κ1) is 19.3. The highest BCUT2D eigenvalue weighted by molar-refractivity contribution is 6.74. The van der Waals surface area contributed by atoms with Crippen LogP contribution in [0.25, 0.3) is 0 Å². The number of hydrogen-bond donors (Lipinski definition) is 1. The smallest absolute Gasteiger partial charge is 0.330 e. The van der Waals surface area contributed by atoms with Crippen molar-refractivity contribution in [1.82, 2.24) is 0 Å². The molecule has 0 unspecified atom stereocenters. The third-order valence-electron chi connectivity index (χ3n) is 3.82. The van der Waals surface area contributed by atoms with Gasteiger partial charge in [0.2, 0.25) is 0 Å². The topological polar surface area (TPSA) is 55.8 Å². The van der Waals surface area contributed by atoms with Gasteiger partial charge < -0.3 is 14.3 Å². The van der Waals surface area contributed by atoms with Gasteiger partial charge in [-0.05, 0) is 43.5 Å². The molecule has 0 aromatic carbocycles. The minimum absolute atomic E-state index is 0.232. The standard InChI is InChI=1S/C15H30O4Si/c1-15(2,3)20(5,6)19-12-8-7-9-13(16)10-11-14(17)18-4/h10-11,13,16H,7-9,12H2,1-6H3/b11-10+/t13-/m1/s1. The molecule has 0 aromatic heterocycles. The van der Waals surface area contributed by atoms with E-state index in [9.17, 15) is 9.90 Å². The summed E-state index contributed by atoms with van der Waals surface area (Å²) in [5.74, 6) is -0.440. The fourth-order valence-corrected chi connectivity index (χ4v) is 2.44. The number of aliphatic hydroxyl groups is 1. The molecular formula is C15H30O4Si. The molecular weight excluding hydrogens is 272 g/mol. The van der Waals surface area contributed by atoms with Gasteiger partial charge in [0.25, 0.3) is 0 Å². The van der Waals surface area contributed by atoms with E-state index in [4.69, 9.17) is 4.43 Å². The molecule has 0 saturated carbocycles. The highest BCUT2D eigenvalue weighted by Crippen LogP contribution is 2.36. The number of carbonyl (C=O) groups is 1. The summed E-state index contributed by atoms with van der Waals surface area (Å²) in [7, 11) is -0.338. The lowest BCUT2D eigenvalue weighted by Gasteiger charge is -2.36. The van der Waals surface area contributed by atoms with Crippen LogP contribution in [0.1, 0.15) is 40.0 Å². The molecule has 0 aliphatic rings. The van der Waals surface area contributed by atoms with Gasteiger partial charge in [0, 0.05) is 12.7 Å². The Morgan fingerprint density at radius 2 is 1.90 bits per heavy atom. The van der Waals surface area contributed by atoms with Gasteiger partial charge in [-0.15, -0.1) is 0 Å². The molecule has 0 spiro atoms. The molecule has 0 fully saturated rings. The number of hydrogen-bond acceptors (Lipinski definition) is 4. The Labute approximate surface area is 124 Å². The van der Waals surface area contributed by atoms with Crippen molar-refractivity contribution < 1.29 is 19.1 Å². The van der Waals surface area contributed by atoms with Crippen LogP contribution in [0.4, 0.5) is 0 Å². The molecule has 5 heteroatoms. The quantitative estimate of drug-likeness (QED) is 0.323. The molecule has 1 atom stereocenters. The maximum absolute atomic E-state index is 10.9. The van der Waals surface area contributed by atoms with E-state index >= 15 is 0 Å². The monoisotopic (exact) mass is 302 g/mol. The van der Waals surface area contributed by atoms with Crippen LogP contribution in [-0.2, 0) is 14.0 Å². The zero-order valence-electron chi connectivity index (χ0n) is 13.7. The Bertz CT molecular complexity index is 318. The van der Waals surface area contributed by atoms with Gasteiger partial charge in [0.05, 0.1) is 13.2 Å². The van der Waals surface area contributed by atoms with Gasteiger partial charge in [-0.25, -0.2) is 4.79 Å². The first-order valence-corrected chi connectivity index (χ1v) is 10.1. The van der Waals surface area contributed by atoms with Crippen LogP contribution in [0.2, 0.25) is 18.1 Å². The fraction of sp³-hybridized carbons (Fsp3) is 0.800. The normalized spacial score (nSPS) is 14.6. The number of rotatable bonds is 8. The summed E-state index contributed by atoms with van der Waals surface area (Å²) in [6.45, 7) is 11.9. The molecule has 0 radical (unpaired) electrons. The van der Waals surface area contributed by atoms with Crippen LogP contribution in [0.15, 0.2) is 12.2 Å². The van der Waals surface area contributed by atoms with Crippen molar-refractivity contribution in [3.8, 4) is 0 Å². The van der Waals surface area contributed by atoms with E-state index < -0.39 is 20.4 Å². The maximum atomic E-state index is 10.9. The van der Waals surface area contributed by atoms with Crippen LogP contribution in [-0.4, -0.2) is 39.2 Å². The lowest BCUT2D eigenvalue weighted by atomic mass is 10.1. The van der Waals surface area contributed by atoms with E-state index in [1.54, 1.807) is 0 Å². The zero-order chi connectivity index (χ0) is 15.8. The van der Waals surface area contributed by atoms with Crippen LogP contribution in [0.5, 0.6) is 0 Å². The molecule has 1 N–H and O–H groups in total. The molecule has 0 amide bonds. The number of esters is 1. The number of methoxy groups -OCH3 is 1. The van der Waals surface area contributed by atoms with E-state index in [0.717, 1.165) is 19.4 Å². The van der Waals surface area contributed by atoms with Crippen LogP contribution < -0.4 is 0 Å². The number of aliphatic hydroxyl groups excluding tert-OH is 1. The molecule has 0 rings (SSSR count). The van der Waals surface area contributed by atoms with E-state index in [1.807, 2.05) is 0 Å². The Morgan fingerprint density at radius 1 is 1.30 bits per heavy atom. The molecule has 4 nitrogen and oxygen atoms in total. The van der Waals surface area contributed by atoms with E-state index in [2.05, 4.69) is 38.6 Å². The SMILES string of the molecule is COC(=O)/C=C/[C@H](O)CCCCO[Si](C)(C)C(C)(C)C. The van der Waals surface area contributed by atoms with Gasteiger partial charge in [0.1, 0.15) is 0 Å². The highest BCUT2D eigenvalue weighted by Gasteiger charge is 2.36. The third-order valence-corrected chi connectivity index (χ3v) is 8.36. The van der Waals surface area contributed by atoms with Crippen molar-refractivity contribution in [3.63, 3.8) is 0 Å². The lowest BCUT2D eigenvalue weighted by molar-refractivity contribution is -0.134. The molecule has 0 aromatic rings. The predicted octanol–water partition coefficient (Wildman–Crippen LogP) is 3.27. The average Bonchev–Trinajstić information content (AvgIpc) is 2.33. The second-order valence-electron chi connectivity index (χ2n) is 6.55. The third kappa shape index (κ3) is 7.82. The summed E-state index contributed by atoms with van der Waals surface area (Å²) in [5.41, 5.74) is 0. The minimum Gasteiger partial charge on any atom is -0.466 e. The Balaban J connectivity index is 3.83. The predicted molar refractivity (Wildman–Crippen MR) is 84.2 cm³/mol. The Morgan fingerprint density at radius 3 is 2.40 bits per heavy atom. The zero-order valence-corrected chi connectivity index (χ0v) is 14.7. The number of ether oxygens (including phenoxy) is 1. The van der Waals surface area contributed by atoms with E-state index in [-0.39, 0.29) is 5.04 Å². The van der Waals surface area contributed by atoms with E-state index in [0.29, 0.717) is 6.42 Å². The molecule has 0 saturated heterocycles. The molecule has 0 aliphatic heterocycles. The average molecular weight is 302 g/mol. The van der Waals surface area contributed by atoms with Crippen molar-refractivity contribution >= 4 is 14.3 Å². The molecule has 20 heavy (non-hydrogen) atoms. The summed E-state index contributed by atoms with van der Waals surface area (Å²) < 4.78 is 10.5. The summed E-state index contributed by atoms with van der Waals surface area (Å²) in [5, 5.41) is 9.89. The first-order chi connectivity index (χ1) is 9.10. The molecule has 0 heterocycles. The Kier molecular flexibility index (Phi) is 8.31. The number of unbranched alkanes of at least 4 members (excludes halogenated alkanes) is 1. The highest BCUT2D eigenvalue weighted by atomic mass is 28.4. The maximum Gasteiger partial charge on any atom is 0.330 e. The van der Waals surface area contributed by atoms with Crippen LogP contribution >= 0.6 is 0 Å². The fourth-order valence-electron chi connectivity index (χ4n) is 1.35. The summed E-state index contributed by atoms with van der Waals surface area (Å²) in [4.78, 5) is 10.9. The second-order valence-corrected chi connectivity index (χ2v) is 11.4. The van der Waals surface area contributed by atoms with Crippen LogP contribution in [0.3, 0.4) is 0 Å². The summed E-state index contributed by atoms with van der Waals surface area (Å²) in [6, 6.07) is 0. The molecule has 0 aliphatic carbocycles. The van der Waals surface area contributed by atoms with Crippen molar-refractivity contribution in [2.24, 2.45) is 0 Å². The van der Waals surface area contributed by atoms with E-state index in [1.165, 1.54) is 19.3 Å². The molecule has 118 valence electrons. The summed E-state index contributed by atoms with van der Waals surface area (Å²) in [6.07, 6.45) is 4.57. The second kappa shape index (κ2) is 8.59. The minimum atomic E-state index is -1.65. The largest absolute Gasteiger partial charge is 0.466 e. The first-order valence-electron chi connectivity index (χ1n) is 7.18. The van der Waals surface area contributed by atoms with Gasteiger partial charge in [0.15, 0.2) is 8.32 Å². The van der Waals surface area contributed by atoms with Crippen molar-refractivity contribution in [3.05, 3.63) is 12.2 Å². The van der Waals surface area contributed by atoms with Gasteiger partial charge in [-0.3, -0.25) is 0 Å². The lowest BCUT2D eigenvalue weighted by Crippen LogP contribution is -2.40.